The van der Waals surface area contributed by atoms with Gasteiger partial charge in [0.25, 0.3) is 0 Å². The molecule has 1 unspecified atom stereocenters. The van der Waals surface area contributed by atoms with Crippen LogP contribution in [-0.2, 0) is 26.8 Å². The smallest absolute Gasteiger partial charge is 0.229 e. The molecule has 0 saturated carbocycles. The fourth-order valence-electron chi connectivity index (χ4n) is 4.34. The zero-order valence-electron chi connectivity index (χ0n) is 22.5. The minimum atomic E-state index is -3.14. The highest BCUT2D eigenvalue weighted by atomic mass is 32.2. The lowest BCUT2D eigenvalue weighted by Crippen LogP contribution is -2.54. The highest BCUT2D eigenvalue weighted by molar-refractivity contribution is 7.89. The molecule has 0 spiro atoms. The molecule has 39 heavy (non-hydrogen) atoms. The van der Waals surface area contributed by atoms with Crippen LogP contribution in [0, 0.1) is 0 Å². The molecule has 5 rings (SSSR count). The van der Waals surface area contributed by atoms with E-state index >= 15 is 0 Å². The summed E-state index contributed by atoms with van der Waals surface area (Å²) in [5.41, 5.74) is 11.1. The largest absolute Gasteiger partial charge is 0.360 e. The molecule has 0 amide bonds. The van der Waals surface area contributed by atoms with E-state index in [1.54, 1.807) is 30.5 Å². The lowest BCUT2D eigenvalue weighted by molar-refractivity contribution is 0.317. The van der Waals surface area contributed by atoms with Gasteiger partial charge in [-0.3, -0.25) is 5.73 Å². The van der Waals surface area contributed by atoms with Gasteiger partial charge in [0.05, 0.1) is 17.1 Å². The van der Waals surface area contributed by atoms with E-state index < -0.39 is 15.6 Å². The Bertz CT molecular complexity index is 1630. The molecular formula is C27H32N8O3S. The van der Waals surface area contributed by atoms with Crippen molar-refractivity contribution in [2.24, 2.45) is 5.73 Å². The first-order valence-electron chi connectivity index (χ1n) is 12.4. The summed E-state index contributed by atoms with van der Waals surface area (Å²) in [6.07, 6.45) is 2.85. The normalized spacial score (nSPS) is 17.0. The summed E-state index contributed by atoms with van der Waals surface area (Å²) in [4.78, 5) is 10.8. The molecule has 0 aliphatic carbocycles. The van der Waals surface area contributed by atoms with Crippen LogP contribution in [0.3, 0.4) is 0 Å². The third-order valence-corrected chi connectivity index (χ3v) is 7.25. The second-order valence-electron chi connectivity index (χ2n) is 10.8. The van der Waals surface area contributed by atoms with Gasteiger partial charge in [0.1, 0.15) is 17.3 Å². The fraction of sp³-hybridized carbons (Fsp3) is 0.296. The number of rotatable bonds is 7. The van der Waals surface area contributed by atoms with E-state index in [9.17, 15) is 8.42 Å². The lowest BCUT2D eigenvalue weighted by Gasteiger charge is -2.31. The van der Waals surface area contributed by atoms with E-state index in [0.717, 1.165) is 22.8 Å². The summed E-state index contributed by atoms with van der Waals surface area (Å²) >= 11 is 0. The van der Waals surface area contributed by atoms with Gasteiger partial charge >= 0.3 is 0 Å². The Balaban J connectivity index is 1.32. The van der Waals surface area contributed by atoms with E-state index in [4.69, 9.17) is 10.3 Å². The number of fused-ring (bicyclic) bond motifs is 1. The summed E-state index contributed by atoms with van der Waals surface area (Å²) in [5.74, 6) is 0.608. The van der Waals surface area contributed by atoms with Crippen LogP contribution in [0.1, 0.15) is 37.8 Å². The van der Waals surface area contributed by atoms with Gasteiger partial charge in [0.2, 0.25) is 11.7 Å². The van der Waals surface area contributed by atoms with Gasteiger partial charge in [-0.25, -0.2) is 13.4 Å². The monoisotopic (exact) mass is 548 g/mol. The molecule has 0 bridgehead atoms. The van der Waals surface area contributed by atoms with Crippen molar-refractivity contribution < 1.29 is 12.9 Å². The van der Waals surface area contributed by atoms with E-state index in [1.165, 1.54) is 6.26 Å². The van der Waals surface area contributed by atoms with Crippen molar-refractivity contribution in [2.75, 3.05) is 34.2 Å². The second kappa shape index (κ2) is 9.54. The third kappa shape index (κ3) is 5.66. The van der Waals surface area contributed by atoms with Crippen molar-refractivity contribution in [1.29, 1.82) is 0 Å². The van der Waals surface area contributed by atoms with Crippen LogP contribution in [0.2, 0.25) is 0 Å². The van der Waals surface area contributed by atoms with Gasteiger partial charge in [-0.2, -0.15) is 4.98 Å². The Morgan fingerprint density at radius 3 is 2.56 bits per heavy atom. The topological polar surface area (TPSA) is 151 Å². The average Bonchev–Trinajstić information content (AvgIpc) is 3.43. The molecule has 2 aromatic heterocycles. The first-order chi connectivity index (χ1) is 18.3. The maximum Gasteiger partial charge on any atom is 0.229 e. The molecule has 1 atom stereocenters. The van der Waals surface area contributed by atoms with Crippen LogP contribution in [0.15, 0.2) is 65.3 Å². The summed E-state index contributed by atoms with van der Waals surface area (Å²) in [5, 5.41) is 14.1. The molecule has 1 aliphatic heterocycles. The highest BCUT2D eigenvalue weighted by Gasteiger charge is 2.43. The zero-order valence-corrected chi connectivity index (χ0v) is 23.3. The minimum absolute atomic E-state index is 0.0367. The van der Waals surface area contributed by atoms with Gasteiger partial charge in [0, 0.05) is 42.4 Å². The molecule has 4 aromatic rings. The minimum Gasteiger partial charge on any atom is -0.360 e. The Hall–Kier alpha value is -4.16. The van der Waals surface area contributed by atoms with Gasteiger partial charge in [0.15, 0.2) is 9.84 Å². The molecule has 0 saturated heterocycles. The molecular weight excluding hydrogens is 516 g/mol. The zero-order chi connectivity index (χ0) is 28.0. The molecule has 0 fully saturated rings. The van der Waals surface area contributed by atoms with Gasteiger partial charge < -0.3 is 25.4 Å². The average molecular weight is 549 g/mol. The Kier molecular flexibility index (Phi) is 6.47. The Labute approximate surface area is 227 Å². The summed E-state index contributed by atoms with van der Waals surface area (Å²) in [6, 6.07) is 16.7. The lowest BCUT2D eigenvalue weighted by atomic mass is 9.93. The van der Waals surface area contributed by atoms with Crippen molar-refractivity contribution in [3.63, 3.8) is 0 Å². The number of aromatic nitrogens is 3. The standard InChI is InChI=1S/C27H32N8O3S/c1-26(2,3)23-15-22(34-38-23)27(28)33-20-14-19(9-10-21(20)35(27)4)30-24-11-12-29-25(32-24)31-18-8-6-7-17(13-18)16-39(5,36)37/h6-15,33H,16,28H2,1-5H3,(H2,29,30,31,32). The van der Waals surface area contributed by atoms with Crippen LogP contribution in [0.25, 0.3) is 0 Å². The van der Waals surface area contributed by atoms with Crippen molar-refractivity contribution in [3.05, 3.63) is 77.8 Å². The van der Waals surface area contributed by atoms with E-state index in [0.29, 0.717) is 28.7 Å². The first-order valence-corrected chi connectivity index (χ1v) is 14.4. The molecule has 12 heteroatoms. The highest BCUT2D eigenvalue weighted by Crippen LogP contribution is 2.43. The molecule has 5 N–H and O–H groups in total. The van der Waals surface area contributed by atoms with Crippen molar-refractivity contribution in [2.45, 2.75) is 37.7 Å². The molecule has 204 valence electrons. The van der Waals surface area contributed by atoms with E-state index in [1.807, 2.05) is 42.3 Å². The van der Waals surface area contributed by atoms with Crippen molar-refractivity contribution >= 4 is 44.4 Å². The first kappa shape index (κ1) is 26.4. The number of sulfone groups is 1. The summed E-state index contributed by atoms with van der Waals surface area (Å²) in [7, 11) is -1.23. The molecule has 11 nitrogen and oxygen atoms in total. The summed E-state index contributed by atoms with van der Waals surface area (Å²) < 4.78 is 28.9. The Morgan fingerprint density at radius 2 is 1.85 bits per heavy atom. The molecule has 0 radical (unpaired) electrons. The Morgan fingerprint density at radius 1 is 1.08 bits per heavy atom. The predicted octanol–water partition coefficient (Wildman–Crippen LogP) is 4.42. The predicted molar refractivity (Wildman–Crippen MR) is 153 cm³/mol. The van der Waals surface area contributed by atoms with Crippen molar-refractivity contribution in [1.82, 2.24) is 15.1 Å². The molecule has 2 aromatic carbocycles. The van der Waals surface area contributed by atoms with Crippen LogP contribution >= 0.6 is 0 Å². The van der Waals surface area contributed by atoms with Gasteiger partial charge in [-0.1, -0.05) is 38.1 Å². The maximum atomic E-state index is 11.6. The number of hydrogen-bond donors (Lipinski definition) is 4. The number of nitrogens with zero attached hydrogens (tertiary/aromatic N) is 4. The molecule has 1 aliphatic rings. The van der Waals surface area contributed by atoms with Crippen LogP contribution < -0.4 is 26.6 Å². The van der Waals surface area contributed by atoms with Gasteiger partial charge in [-0.05, 0) is 42.0 Å². The molecule has 3 heterocycles. The summed E-state index contributed by atoms with van der Waals surface area (Å²) in [6.45, 7) is 6.18. The quantitative estimate of drug-likeness (QED) is 0.260. The maximum absolute atomic E-state index is 11.6. The number of anilines is 6. The fourth-order valence-corrected chi connectivity index (χ4v) is 5.12. The van der Waals surface area contributed by atoms with Crippen LogP contribution in [-0.4, -0.2) is 36.8 Å². The number of hydrogen-bond acceptors (Lipinski definition) is 11. The van der Waals surface area contributed by atoms with E-state index in [2.05, 4.69) is 51.8 Å². The van der Waals surface area contributed by atoms with Crippen LogP contribution in [0.5, 0.6) is 0 Å². The second-order valence-corrected chi connectivity index (χ2v) is 12.9. The van der Waals surface area contributed by atoms with Crippen molar-refractivity contribution in [3.8, 4) is 0 Å². The number of nitrogens with one attached hydrogen (secondary N) is 3. The van der Waals surface area contributed by atoms with E-state index in [-0.39, 0.29) is 11.2 Å². The number of nitrogens with two attached hydrogens (primary N) is 1. The third-order valence-electron chi connectivity index (χ3n) is 6.39. The SMILES string of the molecule is CN1c2ccc(Nc3ccnc(Nc4cccc(CS(C)(=O)=O)c4)n3)cc2NC1(N)c1cc(C(C)(C)C)on1. The number of benzene rings is 2. The van der Waals surface area contributed by atoms with Gasteiger partial charge in [-0.15, -0.1) is 0 Å². The van der Waals surface area contributed by atoms with Crippen LogP contribution in [0.4, 0.5) is 34.5 Å².